The minimum atomic E-state index is 0. The molecule has 0 fully saturated rings. The highest BCUT2D eigenvalue weighted by atomic mass is 127. The lowest BCUT2D eigenvalue weighted by atomic mass is 10.1. The fourth-order valence-electron chi connectivity index (χ4n) is 1.93. The summed E-state index contributed by atoms with van der Waals surface area (Å²) in [5.41, 5.74) is 8.08. The van der Waals surface area contributed by atoms with Crippen LogP contribution < -0.4 is 15.8 Å². The zero-order valence-corrected chi connectivity index (χ0v) is 16.8. The van der Waals surface area contributed by atoms with Crippen molar-refractivity contribution in [3.63, 3.8) is 0 Å². The Morgan fingerprint density at radius 2 is 2.04 bits per heavy atom. The lowest BCUT2D eigenvalue weighted by molar-refractivity contribution is 0.172. The van der Waals surface area contributed by atoms with Crippen LogP contribution in [0.3, 0.4) is 0 Å². The molecule has 0 radical (unpaired) electrons. The Morgan fingerprint density at radius 3 is 2.74 bits per heavy atom. The summed E-state index contributed by atoms with van der Waals surface area (Å²) in [6, 6.07) is 6.15. The summed E-state index contributed by atoms with van der Waals surface area (Å²) >= 11 is 0. The number of hydrogen-bond acceptors (Lipinski definition) is 3. The molecule has 0 aliphatic carbocycles. The van der Waals surface area contributed by atoms with Crippen molar-refractivity contribution in [2.24, 2.45) is 10.7 Å². The van der Waals surface area contributed by atoms with Crippen LogP contribution in [0.5, 0.6) is 5.75 Å². The fraction of sp³-hybridized carbons (Fsp3) is 0.588. The van der Waals surface area contributed by atoms with E-state index in [1.165, 1.54) is 5.56 Å². The maximum atomic E-state index is 5.86. The minimum Gasteiger partial charge on any atom is -0.493 e. The second-order valence-corrected chi connectivity index (χ2v) is 5.29. The van der Waals surface area contributed by atoms with Crippen LogP contribution in [-0.4, -0.2) is 32.8 Å². The van der Waals surface area contributed by atoms with Gasteiger partial charge < -0.3 is 20.5 Å². The summed E-state index contributed by atoms with van der Waals surface area (Å²) in [5.74, 6) is 1.36. The van der Waals surface area contributed by atoms with Gasteiger partial charge >= 0.3 is 0 Å². The van der Waals surface area contributed by atoms with E-state index < -0.39 is 0 Å². The van der Waals surface area contributed by atoms with Crippen LogP contribution in [0, 0.1) is 6.92 Å². The van der Waals surface area contributed by atoms with E-state index in [1.54, 1.807) is 7.11 Å². The van der Waals surface area contributed by atoms with Gasteiger partial charge in [0.05, 0.1) is 13.2 Å². The molecular weight excluding hydrogens is 405 g/mol. The molecule has 6 heteroatoms. The molecule has 0 spiro atoms. The summed E-state index contributed by atoms with van der Waals surface area (Å²) in [4.78, 5) is 4.38. The molecule has 132 valence electrons. The van der Waals surface area contributed by atoms with Crippen LogP contribution in [0.1, 0.15) is 37.3 Å². The first-order chi connectivity index (χ1) is 10.7. The normalized spacial score (nSPS) is 11.0. The van der Waals surface area contributed by atoms with E-state index in [2.05, 4.69) is 30.2 Å². The molecule has 0 aromatic heterocycles. The number of benzene rings is 1. The van der Waals surface area contributed by atoms with E-state index in [0.717, 1.165) is 37.1 Å². The number of nitrogens with two attached hydrogens (primary N) is 1. The second-order valence-electron chi connectivity index (χ2n) is 5.29. The van der Waals surface area contributed by atoms with Gasteiger partial charge in [-0.25, -0.2) is 4.99 Å². The maximum absolute atomic E-state index is 5.86. The monoisotopic (exact) mass is 435 g/mol. The third-order valence-corrected chi connectivity index (χ3v) is 3.23. The number of aliphatic imine (C=N–C) groups is 1. The third kappa shape index (κ3) is 9.65. The molecule has 0 saturated heterocycles. The highest BCUT2D eigenvalue weighted by Crippen LogP contribution is 2.21. The molecule has 0 saturated carbocycles. The van der Waals surface area contributed by atoms with E-state index in [0.29, 0.717) is 25.7 Å². The third-order valence-electron chi connectivity index (χ3n) is 3.23. The number of rotatable bonds is 10. The Hall–Kier alpha value is -1.02. The molecule has 5 nitrogen and oxygen atoms in total. The van der Waals surface area contributed by atoms with E-state index in [4.69, 9.17) is 15.2 Å². The van der Waals surface area contributed by atoms with E-state index >= 15 is 0 Å². The molecule has 0 unspecified atom stereocenters. The number of guanidine groups is 1. The van der Waals surface area contributed by atoms with Crippen molar-refractivity contribution in [1.29, 1.82) is 0 Å². The summed E-state index contributed by atoms with van der Waals surface area (Å²) in [7, 11) is 1.70. The largest absolute Gasteiger partial charge is 0.493 e. The summed E-state index contributed by atoms with van der Waals surface area (Å²) in [6.45, 7) is 6.92. The number of nitrogens with zero attached hydrogens (tertiary/aromatic N) is 1. The minimum absolute atomic E-state index is 0. The number of nitrogens with one attached hydrogen (secondary N) is 1. The first-order valence-electron chi connectivity index (χ1n) is 7.92. The molecule has 3 N–H and O–H groups in total. The van der Waals surface area contributed by atoms with Gasteiger partial charge in [-0.15, -0.1) is 24.0 Å². The highest BCUT2D eigenvalue weighted by molar-refractivity contribution is 14.0. The smallest absolute Gasteiger partial charge is 0.188 e. The number of methoxy groups -OCH3 is 1. The summed E-state index contributed by atoms with van der Waals surface area (Å²) < 4.78 is 10.9. The molecule has 0 atom stereocenters. The van der Waals surface area contributed by atoms with Crippen LogP contribution in [0.2, 0.25) is 0 Å². The SMILES string of the molecule is CCCCNC(N)=NCc1ccc(C)cc1OCCCOC.I. The molecule has 0 aliphatic heterocycles. The van der Waals surface area contributed by atoms with Crippen LogP contribution in [0.15, 0.2) is 23.2 Å². The predicted molar refractivity (Wildman–Crippen MR) is 107 cm³/mol. The number of unbranched alkanes of at least 4 members (excludes halogenated alkanes) is 1. The lowest BCUT2D eigenvalue weighted by Crippen LogP contribution is -2.32. The highest BCUT2D eigenvalue weighted by Gasteiger charge is 2.04. The maximum Gasteiger partial charge on any atom is 0.188 e. The van der Waals surface area contributed by atoms with Gasteiger partial charge in [-0.1, -0.05) is 25.5 Å². The van der Waals surface area contributed by atoms with Gasteiger partial charge in [0, 0.05) is 32.2 Å². The van der Waals surface area contributed by atoms with E-state index in [1.807, 2.05) is 12.1 Å². The first kappa shape index (κ1) is 22.0. The number of hydrogen-bond donors (Lipinski definition) is 2. The van der Waals surface area contributed by atoms with Crippen LogP contribution >= 0.6 is 24.0 Å². The Morgan fingerprint density at radius 1 is 1.26 bits per heavy atom. The topological polar surface area (TPSA) is 68.9 Å². The molecule has 0 aliphatic rings. The van der Waals surface area contributed by atoms with Gasteiger partial charge in [0.25, 0.3) is 0 Å². The van der Waals surface area contributed by atoms with Gasteiger partial charge in [0.2, 0.25) is 0 Å². The van der Waals surface area contributed by atoms with Crippen LogP contribution in [-0.2, 0) is 11.3 Å². The molecule has 1 aromatic rings. The molecule has 0 heterocycles. The second kappa shape index (κ2) is 13.4. The molecular formula is C17H30IN3O2. The van der Waals surface area contributed by atoms with Crippen molar-refractivity contribution in [3.8, 4) is 5.75 Å². The average Bonchev–Trinajstić information content (AvgIpc) is 2.51. The first-order valence-corrected chi connectivity index (χ1v) is 7.92. The summed E-state index contributed by atoms with van der Waals surface area (Å²) in [6.07, 6.45) is 3.10. The van der Waals surface area contributed by atoms with Crippen molar-refractivity contribution >= 4 is 29.9 Å². The molecule has 0 bridgehead atoms. The van der Waals surface area contributed by atoms with Crippen molar-refractivity contribution < 1.29 is 9.47 Å². The molecule has 23 heavy (non-hydrogen) atoms. The zero-order chi connectivity index (χ0) is 16.2. The van der Waals surface area contributed by atoms with Crippen LogP contribution in [0.4, 0.5) is 0 Å². The molecule has 0 amide bonds. The Labute approximate surface area is 157 Å². The van der Waals surface area contributed by atoms with E-state index in [9.17, 15) is 0 Å². The molecule has 1 aromatic carbocycles. The van der Waals surface area contributed by atoms with Crippen LogP contribution in [0.25, 0.3) is 0 Å². The molecule has 1 rings (SSSR count). The Bertz CT molecular complexity index is 467. The zero-order valence-electron chi connectivity index (χ0n) is 14.4. The quantitative estimate of drug-likeness (QED) is 0.256. The number of halogens is 1. The van der Waals surface area contributed by atoms with Gasteiger partial charge in [0.15, 0.2) is 5.96 Å². The van der Waals surface area contributed by atoms with Gasteiger partial charge in [0.1, 0.15) is 5.75 Å². The average molecular weight is 435 g/mol. The lowest BCUT2D eigenvalue weighted by Gasteiger charge is -2.12. The number of aryl methyl sites for hydroxylation is 1. The van der Waals surface area contributed by atoms with Gasteiger partial charge in [-0.05, 0) is 25.0 Å². The van der Waals surface area contributed by atoms with Crippen molar-refractivity contribution in [1.82, 2.24) is 5.32 Å². The van der Waals surface area contributed by atoms with Crippen molar-refractivity contribution in [2.75, 3.05) is 26.9 Å². The van der Waals surface area contributed by atoms with E-state index in [-0.39, 0.29) is 24.0 Å². The predicted octanol–water partition coefficient (Wildman–Crippen LogP) is 3.23. The number of ether oxygens (including phenoxy) is 2. The Balaban J connectivity index is 0.00000484. The van der Waals surface area contributed by atoms with Gasteiger partial charge in [-0.3, -0.25) is 0 Å². The van der Waals surface area contributed by atoms with Crippen molar-refractivity contribution in [3.05, 3.63) is 29.3 Å². The van der Waals surface area contributed by atoms with Gasteiger partial charge in [-0.2, -0.15) is 0 Å². The fourth-order valence-corrected chi connectivity index (χ4v) is 1.93. The Kier molecular flexibility index (Phi) is 12.8. The van der Waals surface area contributed by atoms with Crippen molar-refractivity contribution in [2.45, 2.75) is 39.7 Å². The summed E-state index contributed by atoms with van der Waals surface area (Å²) in [5, 5.41) is 3.11. The standard InChI is InChI=1S/C17H29N3O2.HI/c1-4-5-9-19-17(18)20-13-15-8-7-14(2)12-16(15)22-11-6-10-21-3;/h7-8,12H,4-6,9-11,13H2,1-3H3,(H3,18,19,20);1H.